The van der Waals surface area contributed by atoms with E-state index in [-0.39, 0.29) is 10.8 Å². The van der Waals surface area contributed by atoms with E-state index in [0.29, 0.717) is 30.3 Å². The van der Waals surface area contributed by atoms with Gasteiger partial charge in [0, 0.05) is 29.7 Å². The molecule has 0 saturated carbocycles. The van der Waals surface area contributed by atoms with Crippen LogP contribution in [0.25, 0.3) is 10.2 Å². The summed E-state index contributed by atoms with van der Waals surface area (Å²) in [6, 6.07) is 12.1. The fraction of sp³-hybridized carbons (Fsp3) is 0.440. The maximum absolute atomic E-state index is 13.6. The van der Waals surface area contributed by atoms with Gasteiger partial charge in [0.1, 0.15) is 0 Å². The van der Waals surface area contributed by atoms with Crippen LogP contribution in [0.4, 0.5) is 5.13 Å². The molecule has 3 rings (SSSR count). The van der Waals surface area contributed by atoms with Crippen LogP contribution >= 0.6 is 27.3 Å². The number of unbranched alkanes of at least 4 members (excludes halogenated alkanes) is 1. The second-order valence-electron chi connectivity index (χ2n) is 8.60. The van der Waals surface area contributed by atoms with Crippen molar-refractivity contribution in [2.24, 2.45) is 0 Å². The number of thiazole rings is 1. The van der Waals surface area contributed by atoms with Crippen LogP contribution in [0.2, 0.25) is 0 Å². The second-order valence-corrected chi connectivity index (χ2v) is 12.5. The molecule has 0 bridgehead atoms. The minimum atomic E-state index is -3.60. The molecule has 0 atom stereocenters. The molecule has 0 aliphatic rings. The van der Waals surface area contributed by atoms with Gasteiger partial charge >= 0.3 is 0 Å². The zero-order valence-electron chi connectivity index (χ0n) is 20.7. The molecule has 0 spiro atoms. The Labute approximate surface area is 220 Å². The Hall–Kier alpha value is -1.85. The van der Waals surface area contributed by atoms with Gasteiger partial charge in [0.2, 0.25) is 10.0 Å². The first-order chi connectivity index (χ1) is 16.7. The zero-order chi connectivity index (χ0) is 25.6. The molecule has 35 heavy (non-hydrogen) atoms. The van der Waals surface area contributed by atoms with E-state index in [9.17, 15) is 13.2 Å². The molecule has 7 nitrogen and oxygen atoms in total. The maximum atomic E-state index is 13.6. The summed E-state index contributed by atoms with van der Waals surface area (Å²) in [5.74, 6) is -0.191. The Morgan fingerprint density at radius 2 is 1.71 bits per heavy atom. The standard InChI is InChI=1S/C25H33BrN4O3S2/c1-5-7-16-29(6-2)35(32,33)21-12-9-19(10-13-21)24(31)30(17-8-15-28(3)4)25-27-22-14-11-20(26)18-23(22)34-25/h9-14,18H,5-8,15-17H2,1-4H3. The lowest BCUT2D eigenvalue weighted by atomic mass is 10.2. The highest BCUT2D eigenvalue weighted by Crippen LogP contribution is 2.32. The van der Waals surface area contributed by atoms with Crippen LogP contribution in [0.5, 0.6) is 0 Å². The summed E-state index contributed by atoms with van der Waals surface area (Å²) in [6.07, 6.45) is 2.52. The van der Waals surface area contributed by atoms with Crippen molar-refractivity contribution < 1.29 is 13.2 Å². The molecule has 0 aliphatic heterocycles. The first-order valence-corrected chi connectivity index (χ1v) is 14.8. The minimum absolute atomic E-state index is 0.191. The molecule has 0 unspecified atom stereocenters. The number of amides is 1. The lowest BCUT2D eigenvalue weighted by molar-refractivity contribution is 0.0986. The van der Waals surface area contributed by atoms with E-state index in [0.717, 1.165) is 40.5 Å². The molecule has 0 fully saturated rings. The van der Waals surface area contributed by atoms with Crippen molar-refractivity contribution in [1.29, 1.82) is 0 Å². The average molecular weight is 582 g/mol. The van der Waals surface area contributed by atoms with Crippen molar-refractivity contribution in [1.82, 2.24) is 14.2 Å². The molecule has 0 radical (unpaired) electrons. The number of hydrogen-bond acceptors (Lipinski definition) is 6. The van der Waals surface area contributed by atoms with Crippen LogP contribution in [-0.2, 0) is 10.0 Å². The highest BCUT2D eigenvalue weighted by atomic mass is 79.9. The van der Waals surface area contributed by atoms with Crippen molar-refractivity contribution in [2.75, 3.05) is 45.2 Å². The van der Waals surface area contributed by atoms with E-state index < -0.39 is 10.0 Å². The first kappa shape index (κ1) is 27.7. The van der Waals surface area contributed by atoms with Gasteiger partial charge in [0.15, 0.2) is 5.13 Å². The lowest BCUT2D eigenvalue weighted by Crippen LogP contribution is -2.34. The Morgan fingerprint density at radius 1 is 1.00 bits per heavy atom. The fourth-order valence-electron chi connectivity index (χ4n) is 3.69. The maximum Gasteiger partial charge on any atom is 0.260 e. The zero-order valence-corrected chi connectivity index (χ0v) is 23.9. The van der Waals surface area contributed by atoms with Gasteiger partial charge in [-0.15, -0.1) is 0 Å². The molecule has 1 amide bonds. The van der Waals surface area contributed by atoms with E-state index in [4.69, 9.17) is 4.98 Å². The summed E-state index contributed by atoms with van der Waals surface area (Å²) < 4.78 is 29.5. The van der Waals surface area contributed by atoms with Gasteiger partial charge in [0.05, 0.1) is 15.1 Å². The van der Waals surface area contributed by atoms with Crippen molar-refractivity contribution in [3.05, 3.63) is 52.5 Å². The highest BCUT2D eigenvalue weighted by molar-refractivity contribution is 9.10. The fourth-order valence-corrected chi connectivity index (χ4v) is 6.72. The molecule has 0 saturated heterocycles. The number of aromatic nitrogens is 1. The predicted octanol–water partition coefficient (Wildman–Crippen LogP) is 5.47. The highest BCUT2D eigenvalue weighted by Gasteiger charge is 2.25. The van der Waals surface area contributed by atoms with Gasteiger partial charge in [-0.05, 0) is 75.9 Å². The molecule has 1 heterocycles. The van der Waals surface area contributed by atoms with Crippen LogP contribution < -0.4 is 4.90 Å². The molecule has 2 aromatic carbocycles. The molecule has 190 valence electrons. The van der Waals surface area contributed by atoms with Gasteiger partial charge in [0.25, 0.3) is 5.91 Å². The third-order valence-electron chi connectivity index (χ3n) is 5.66. The smallest absolute Gasteiger partial charge is 0.260 e. The van der Waals surface area contributed by atoms with Crippen LogP contribution in [-0.4, -0.2) is 68.8 Å². The Kier molecular flexibility index (Phi) is 9.83. The number of rotatable bonds is 12. The van der Waals surface area contributed by atoms with Crippen LogP contribution in [0, 0.1) is 0 Å². The number of hydrogen-bond donors (Lipinski definition) is 0. The molecular formula is C25H33BrN4O3S2. The third kappa shape index (κ3) is 6.89. The number of benzene rings is 2. The molecular weight excluding hydrogens is 548 g/mol. The SMILES string of the molecule is CCCCN(CC)S(=O)(=O)c1ccc(C(=O)N(CCCN(C)C)c2nc3ccc(Br)cc3s2)cc1. The average Bonchev–Trinajstić information content (AvgIpc) is 3.24. The van der Waals surface area contributed by atoms with Crippen LogP contribution in [0.15, 0.2) is 51.8 Å². The Morgan fingerprint density at radius 3 is 2.34 bits per heavy atom. The number of carbonyl (C=O) groups is 1. The van der Waals surface area contributed by atoms with Crippen LogP contribution in [0.1, 0.15) is 43.5 Å². The minimum Gasteiger partial charge on any atom is -0.309 e. The molecule has 3 aromatic rings. The van der Waals surface area contributed by atoms with E-state index in [1.165, 1.54) is 27.8 Å². The van der Waals surface area contributed by atoms with Gasteiger partial charge in [-0.3, -0.25) is 9.69 Å². The van der Waals surface area contributed by atoms with Crippen LogP contribution in [0.3, 0.4) is 0 Å². The largest absolute Gasteiger partial charge is 0.309 e. The van der Waals surface area contributed by atoms with Crippen molar-refractivity contribution in [3.63, 3.8) is 0 Å². The number of anilines is 1. The number of fused-ring (bicyclic) bond motifs is 1. The normalized spacial score (nSPS) is 12.1. The van der Waals surface area contributed by atoms with Gasteiger partial charge in [-0.2, -0.15) is 4.31 Å². The Balaban J connectivity index is 1.89. The third-order valence-corrected chi connectivity index (χ3v) is 9.18. The topological polar surface area (TPSA) is 73.8 Å². The summed E-state index contributed by atoms with van der Waals surface area (Å²) in [7, 11) is 0.406. The lowest BCUT2D eigenvalue weighted by Gasteiger charge is -2.22. The summed E-state index contributed by atoms with van der Waals surface area (Å²) >= 11 is 4.97. The molecule has 0 N–H and O–H groups in total. The van der Waals surface area contributed by atoms with Crippen molar-refractivity contribution >= 4 is 58.5 Å². The number of carbonyl (C=O) groups excluding carboxylic acids is 1. The number of halogens is 1. The summed E-state index contributed by atoms with van der Waals surface area (Å²) in [4.78, 5) is 22.3. The molecule has 1 aromatic heterocycles. The van der Waals surface area contributed by atoms with Crippen molar-refractivity contribution in [3.8, 4) is 0 Å². The second kappa shape index (κ2) is 12.4. The summed E-state index contributed by atoms with van der Waals surface area (Å²) in [5, 5.41) is 0.635. The van der Waals surface area contributed by atoms with E-state index >= 15 is 0 Å². The quantitative estimate of drug-likeness (QED) is 0.284. The van der Waals surface area contributed by atoms with Gasteiger partial charge in [-0.1, -0.05) is 47.5 Å². The summed E-state index contributed by atoms with van der Waals surface area (Å²) in [6.45, 7) is 6.13. The monoisotopic (exact) mass is 580 g/mol. The molecule has 10 heteroatoms. The number of sulfonamides is 1. The Bertz CT molecular complexity index is 1240. The van der Waals surface area contributed by atoms with E-state index in [2.05, 4.69) is 20.8 Å². The first-order valence-electron chi connectivity index (χ1n) is 11.8. The van der Waals surface area contributed by atoms with Crippen molar-refractivity contribution in [2.45, 2.75) is 38.0 Å². The van der Waals surface area contributed by atoms with Gasteiger partial charge < -0.3 is 4.90 Å². The van der Waals surface area contributed by atoms with E-state index in [1.54, 1.807) is 17.0 Å². The van der Waals surface area contributed by atoms with E-state index in [1.807, 2.05) is 46.1 Å². The molecule has 0 aliphatic carbocycles. The summed E-state index contributed by atoms with van der Waals surface area (Å²) in [5.41, 5.74) is 1.28. The van der Waals surface area contributed by atoms with Gasteiger partial charge in [-0.25, -0.2) is 13.4 Å². The number of nitrogens with zero attached hydrogens (tertiary/aromatic N) is 4. The predicted molar refractivity (Wildman–Crippen MR) is 148 cm³/mol.